The van der Waals surface area contributed by atoms with Crippen LogP contribution in [0.5, 0.6) is 0 Å². The lowest BCUT2D eigenvalue weighted by atomic mass is 9.63. The maximum atomic E-state index is 13.1. The van der Waals surface area contributed by atoms with Crippen molar-refractivity contribution >= 4 is 0 Å². The third-order valence-electron chi connectivity index (χ3n) is 7.51. The molecule has 0 amide bonds. The molecule has 1 atom stereocenters. The van der Waals surface area contributed by atoms with E-state index in [4.69, 9.17) is 0 Å². The van der Waals surface area contributed by atoms with Gasteiger partial charge in [0.2, 0.25) is 0 Å². The molecule has 0 saturated heterocycles. The minimum absolute atomic E-state index is 0.194. The Morgan fingerprint density at radius 1 is 0.912 bits per heavy atom. The van der Waals surface area contributed by atoms with Crippen LogP contribution >= 0.6 is 0 Å². The van der Waals surface area contributed by atoms with Crippen LogP contribution in [0.2, 0.25) is 0 Å². The van der Waals surface area contributed by atoms with Gasteiger partial charge >= 0.3 is 6.18 Å². The summed E-state index contributed by atoms with van der Waals surface area (Å²) >= 11 is 0. The fourth-order valence-corrected chi connectivity index (χ4v) is 5.45. The van der Waals surface area contributed by atoms with Crippen molar-refractivity contribution in [2.75, 3.05) is 13.1 Å². The number of benzene rings is 2. The highest BCUT2D eigenvalue weighted by atomic mass is 19.4. The lowest BCUT2D eigenvalue weighted by Gasteiger charge is -2.39. The zero-order valence-corrected chi connectivity index (χ0v) is 20.5. The molecule has 3 rings (SSSR count). The van der Waals surface area contributed by atoms with E-state index < -0.39 is 17.2 Å². The fraction of sp³-hybridized carbons (Fsp3) is 0.552. The third kappa shape index (κ3) is 6.63. The van der Waals surface area contributed by atoms with E-state index in [0.717, 1.165) is 69.3 Å². The molecule has 2 aromatic rings. The molecule has 184 valence electrons. The molecule has 1 aliphatic rings. The van der Waals surface area contributed by atoms with E-state index in [-0.39, 0.29) is 5.92 Å². The molecule has 0 spiro atoms. The quantitative estimate of drug-likeness (QED) is 0.354. The lowest BCUT2D eigenvalue weighted by Crippen LogP contribution is -2.38. The Bertz CT molecular complexity index is 909. The van der Waals surface area contributed by atoms with Gasteiger partial charge in [0.15, 0.2) is 0 Å². The monoisotopic (exact) mass is 470 g/mol. The lowest BCUT2D eigenvalue weighted by molar-refractivity contribution is -0.137. The van der Waals surface area contributed by atoms with Crippen molar-refractivity contribution in [3.05, 3.63) is 71.3 Å². The first-order valence-electron chi connectivity index (χ1n) is 12.6. The second-order valence-electron chi connectivity index (χ2n) is 9.96. The van der Waals surface area contributed by atoms with Gasteiger partial charge in [0.1, 0.15) is 0 Å². The Morgan fingerprint density at radius 3 is 2.09 bits per heavy atom. The average Bonchev–Trinajstić information content (AvgIpc) is 2.84. The molecule has 0 bridgehead atoms. The first-order chi connectivity index (χ1) is 16.3. The minimum atomic E-state index is -4.37. The van der Waals surface area contributed by atoms with Gasteiger partial charge in [-0.1, -0.05) is 61.7 Å². The van der Waals surface area contributed by atoms with E-state index >= 15 is 0 Å². The Morgan fingerprint density at radius 2 is 1.53 bits per heavy atom. The molecule has 0 heterocycles. The van der Waals surface area contributed by atoms with Gasteiger partial charge in [0.05, 0.1) is 17.0 Å². The molecule has 0 radical (unpaired) electrons. The minimum Gasteiger partial charge on any atom is -0.301 e. The van der Waals surface area contributed by atoms with E-state index in [9.17, 15) is 18.4 Å². The van der Waals surface area contributed by atoms with E-state index in [0.29, 0.717) is 12.5 Å². The van der Waals surface area contributed by atoms with Crippen LogP contribution in [0.25, 0.3) is 0 Å². The van der Waals surface area contributed by atoms with Gasteiger partial charge in [-0.15, -0.1) is 0 Å². The standard InChI is InChI=1S/C29H37F3N2/c1-23(2)34(21-18-24-10-5-3-6-11-24)20-9-19-28(22-33,25-12-7-4-8-13-25)26-14-16-27(17-15-26)29(30,31)32/h3,5-6,10-11,14-17,23,25H,4,7-9,12-13,18-21H2,1-2H3. The Balaban J connectivity index is 1.75. The molecule has 1 aliphatic carbocycles. The summed E-state index contributed by atoms with van der Waals surface area (Å²) in [7, 11) is 0. The van der Waals surface area contributed by atoms with Crippen LogP contribution in [-0.4, -0.2) is 24.0 Å². The van der Waals surface area contributed by atoms with Crippen molar-refractivity contribution in [1.29, 1.82) is 5.26 Å². The average molecular weight is 471 g/mol. The number of nitriles is 1. The summed E-state index contributed by atoms with van der Waals surface area (Å²) in [5.74, 6) is 0.194. The highest BCUT2D eigenvalue weighted by Crippen LogP contribution is 2.44. The van der Waals surface area contributed by atoms with Gasteiger partial charge < -0.3 is 4.90 Å². The number of alkyl halides is 3. The summed E-state index contributed by atoms with van der Waals surface area (Å²) in [5.41, 5.74) is 0.674. The fourth-order valence-electron chi connectivity index (χ4n) is 5.45. The largest absolute Gasteiger partial charge is 0.416 e. The number of hydrogen-bond acceptors (Lipinski definition) is 2. The van der Waals surface area contributed by atoms with Crippen LogP contribution in [0.15, 0.2) is 54.6 Å². The smallest absolute Gasteiger partial charge is 0.301 e. The molecule has 0 aliphatic heterocycles. The third-order valence-corrected chi connectivity index (χ3v) is 7.51. The second kappa shape index (κ2) is 11.9. The van der Waals surface area contributed by atoms with Gasteiger partial charge in [0.25, 0.3) is 0 Å². The molecular formula is C29H37F3N2. The normalized spacial score (nSPS) is 17.0. The van der Waals surface area contributed by atoms with Crippen molar-refractivity contribution in [2.24, 2.45) is 5.92 Å². The molecule has 1 saturated carbocycles. The maximum Gasteiger partial charge on any atom is 0.416 e. The zero-order chi connectivity index (χ0) is 24.6. The van der Waals surface area contributed by atoms with Gasteiger partial charge in [-0.25, -0.2) is 0 Å². The summed E-state index contributed by atoms with van der Waals surface area (Å²) < 4.78 is 39.4. The topological polar surface area (TPSA) is 27.0 Å². The van der Waals surface area contributed by atoms with Crippen LogP contribution < -0.4 is 0 Å². The van der Waals surface area contributed by atoms with E-state index in [1.165, 1.54) is 12.0 Å². The summed E-state index contributed by atoms with van der Waals surface area (Å²) in [5, 5.41) is 10.5. The van der Waals surface area contributed by atoms with Crippen molar-refractivity contribution < 1.29 is 13.2 Å². The molecule has 2 aromatic carbocycles. The van der Waals surface area contributed by atoms with Crippen LogP contribution in [0.3, 0.4) is 0 Å². The molecule has 0 aromatic heterocycles. The number of hydrogen-bond donors (Lipinski definition) is 0. The molecule has 1 fully saturated rings. The van der Waals surface area contributed by atoms with Crippen molar-refractivity contribution in [1.82, 2.24) is 4.90 Å². The Hall–Kier alpha value is -2.32. The first kappa shape index (κ1) is 26.3. The van der Waals surface area contributed by atoms with Crippen molar-refractivity contribution in [3.8, 4) is 6.07 Å². The van der Waals surface area contributed by atoms with Crippen LogP contribution in [0.1, 0.15) is 75.5 Å². The highest BCUT2D eigenvalue weighted by Gasteiger charge is 2.41. The molecule has 0 N–H and O–H groups in total. The predicted molar refractivity (Wildman–Crippen MR) is 131 cm³/mol. The van der Waals surface area contributed by atoms with Crippen LogP contribution in [0.4, 0.5) is 13.2 Å². The number of nitrogens with zero attached hydrogens (tertiary/aromatic N) is 2. The number of rotatable bonds is 10. The molecular weight excluding hydrogens is 433 g/mol. The Labute approximate surface area is 202 Å². The summed E-state index contributed by atoms with van der Waals surface area (Å²) in [4.78, 5) is 2.45. The summed E-state index contributed by atoms with van der Waals surface area (Å²) in [6.45, 7) is 6.21. The molecule has 5 heteroatoms. The van der Waals surface area contributed by atoms with Gasteiger partial charge in [-0.2, -0.15) is 18.4 Å². The maximum absolute atomic E-state index is 13.1. The van der Waals surface area contributed by atoms with E-state index in [2.05, 4.69) is 49.1 Å². The van der Waals surface area contributed by atoms with Crippen molar-refractivity contribution in [3.63, 3.8) is 0 Å². The summed E-state index contributed by atoms with van der Waals surface area (Å²) in [6.07, 6.45) is 3.41. The van der Waals surface area contributed by atoms with Crippen molar-refractivity contribution in [2.45, 2.75) is 82.8 Å². The van der Waals surface area contributed by atoms with Gasteiger partial charge in [0, 0.05) is 12.6 Å². The van der Waals surface area contributed by atoms with Gasteiger partial charge in [-0.3, -0.25) is 0 Å². The molecule has 34 heavy (non-hydrogen) atoms. The molecule has 2 nitrogen and oxygen atoms in total. The first-order valence-corrected chi connectivity index (χ1v) is 12.6. The molecule has 1 unspecified atom stereocenters. The highest BCUT2D eigenvalue weighted by molar-refractivity contribution is 5.37. The van der Waals surface area contributed by atoms with Gasteiger partial charge in [-0.05, 0) is 81.7 Å². The van der Waals surface area contributed by atoms with E-state index in [1.54, 1.807) is 12.1 Å². The Kier molecular flexibility index (Phi) is 9.19. The van der Waals surface area contributed by atoms with Crippen LogP contribution in [-0.2, 0) is 18.0 Å². The zero-order valence-electron chi connectivity index (χ0n) is 20.5. The SMILES string of the molecule is CC(C)N(CCCC(C#N)(c1ccc(C(F)(F)F)cc1)C1CCCCC1)CCc1ccccc1. The summed E-state index contributed by atoms with van der Waals surface area (Å²) in [6, 6.07) is 18.8. The number of halogens is 3. The second-order valence-corrected chi connectivity index (χ2v) is 9.96. The predicted octanol–water partition coefficient (Wildman–Crippen LogP) is 7.78. The van der Waals surface area contributed by atoms with Crippen LogP contribution in [0, 0.1) is 17.2 Å². The van der Waals surface area contributed by atoms with E-state index in [1.807, 2.05) is 6.07 Å².